The maximum Gasteiger partial charge on any atom is 0.0438 e. The second-order valence-electron chi connectivity index (χ2n) is 7.01. The van der Waals surface area contributed by atoms with Gasteiger partial charge in [0, 0.05) is 5.02 Å². The van der Waals surface area contributed by atoms with Crippen LogP contribution < -0.4 is 5.32 Å². The fourth-order valence-corrected chi connectivity index (χ4v) is 3.72. The summed E-state index contributed by atoms with van der Waals surface area (Å²) in [6, 6.07) is 8.37. The number of rotatable bonds is 6. The minimum atomic E-state index is 0.734. The van der Waals surface area contributed by atoms with Crippen LogP contribution in [-0.4, -0.2) is 13.1 Å². The van der Waals surface area contributed by atoms with Crippen LogP contribution in [0.15, 0.2) is 24.3 Å². The molecule has 0 bridgehead atoms. The molecule has 2 atom stereocenters. The molecule has 118 valence electrons. The number of hydrogen-bond donors (Lipinski definition) is 1. The van der Waals surface area contributed by atoms with Gasteiger partial charge >= 0.3 is 0 Å². The molecule has 1 N–H and O–H groups in total. The molecule has 1 fully saturated rings. The zero-order chi connectivity index (χ0) is 15.1. The lowest BCUT2D eigenvalue weighted by Crippen LogP contribution is -2.31. The highest BCUT2D eigenvalue weighted by Crippen LogP contribution is 2.32. The minimum Gasteiger partial charge on any atom is -0.316 e. The van der Waals surface area contributed by atoms with Gasteiger partial charge in [-0.2, -0.15) is 0 Å². The number of nitrogens with one attached hydrogen (secondary N) is 1. The monoisotopic (exact) mass is 307 g/mol. The quantitative estimate of drug-likeness (QED) is 0.701. The fraction of sp³-hybridized carbons (Fsp3) is 0.684. The Morgan fingerprint density at radius 1 is 1.10 bits per heavy atom. The largest absolute Gasteiger partial charge is 0.316 e. The van der Waals surface area contributed by atoms with E-state index < -0.39 is 0 Å². The maximum absolute atomic E-state index is 6.36. The maximum atomic E-state index is 6.36. The lowest BCUT2D eigenvalue weighted by Gasteiger charge is -2.26. The summed E-state index contributed by atoms with van der Waals surface area (Å²) in [5, 5.41) is 4.62. The Morgan fingerprint density at radius 3 is 2.52 bits per heavy atom. The highest BCUT2D eigenvalue weighted by molar-refractivity contribution is 6.31. The third-order valence-corrected chi connectivity index (χ3v) is 5.08. The van der Waals surface area contributed by atoms with Crippen LogP contribution in [0, 0.1) is 17.8 Å². The van der Waals surface area contributed by atoms with Crippen LogP contribution in [0.25, 0.3) is 0 Å². The third-order valence-electron chi connectivity index (χ3n) is 4.72. The Labute approximate surface area is 135 Å². The van der Waals surface area contributed by atoms with Crippen molar-refractivity contribution in [1.29, 1.82) is 0 Å². The van der Waals surface area contributed by atoms with Crippen molar-refractivity contribution in [1.82, 2.24) is 5.32 Å². The van der Waals surface area contributed by atoms with Crippen LogP contribution in [0.3, 0.4) is 0 Å². The molecule has 0 radical (unpaired) electrons. The van der Waals surface area contributed by atoms with Crippen LogP contribution >= 0.6 is 11.6 Å². The second kappa shape index (κ2) is 8.80. The molecule has 2 unspecified atom stereocenters. The summed E-state index contributed by atoms with van der Waals surface area (Å²) in [5.74, 6) is 2.33. The van der Waals surface area contributed by atoms with Crippen molar-refractivity contribution in [3.8, 4) is 0 Å². The summed E-state index contributed by atoms with van der Waals surface area (Å²) in [6.07, 6.45) is 8.07. The molecule has 1 aliphatic carbocycles. The van der Waals surface area contributed by atoms with Crippen LogP contribution in [0.2, 0.25) is 5.02 Å². The van der Waals surface area contributed by atoms with E-state index >= 15 is 0 Å². The summed E-state index contributed by atoms with van der Waals surface area (Å²) in [4.78, 5) is 0. The number of benzene rings is 1. The predicted molar refractivity (Wildman–Crippen MR) is 92.9 cm³/mol. The molecule has 0 aromatic heterocycles. The molecule has 0 amide bonds. The molecule has 2 heteroatoms. The van der Waals surface area contributed by atoms with Crippen molar-refractivity contribution < 1.29 is 0 Å². The lowest BCUT2D eigenvalue weighted by atomic mass is 9.83. The number of hydrogen-bond acceptors (Lipinski definition) is 1. The Kier molecular flexibility index (Phi) is 7.06. The smallest absolute Gasteiger partial charge is 0.0438 e. The van der Waals surface area contributed by atoms with Gasteiger partial charge in [0.25, 0.3) is 0 Å². The van der Waals surface area contributed by atoms with E-state index in [1.807, 2.05) is 12.1 Å². The minimum absolute atomic E-state index is 0.734. The Morgan fingerprint density at radius 2 is 1.81 bits per heavy atom. The molecule has 0 heterocycles. The van der Waals surface area contributed by atoms with Gasteiger partial charge in [0.2, 0.25) is 0 Å². The molecule has 0 saturated heterocycles. The van der Waals surface area contributed by atoms with Gasteiger partial charge in [-0.25, -0.2) is 0 Å². The summed E-state index contributed by atoms with van der Waals surface area (Å²) in [7, 11) is 0. The van der Waals surface area contributed by atoms with Crippen LogP contribution in [-0.2, 0) is 6.42 Å². The molecule has 0 aliphatic heterocycles. The zero-order valence-corrected chi connectivity index (χ0v) is 14.3. The molecule has 1 saturated carbocycles. The van der Waals surface area contributed by atoms with Gasteiger partial charge in [-0.3, -0.25) is 0 Å². The van der Waals surface area contributed by atoms with Crippen molar-refractivity contribution in [3.63, 3.8) is 0 Å². The highest BCUT2D eigenvalue weighted by atomic mass is 35.5. The van der Waals surface area contributed by atoms with E-state index in [-0.39, 0.29) is 0 Å². The summed E-state index contributed by atoms with van der Waals surface area (Å²) in [6.45, 7) is 6.87. The van der Waals surface area contributed by atoms with E-state index in [9.17, 15) is 0 Å². The Hall–Kier alpha value is -0.530. The van der Waals surface area contributed by atoms with Gasteiger partial charge in [-0.1, -0.05) is 62.9 Å². The SMILES string of the molecule is CC(C)CNCC1CCCCCC1Cc1ccccc1Cl. The molecule has 21 heavy (non-hydrogen) atoms. The van der Waals surface area contributed by atoms with Crippen LogP contribution in [0.4, 0.5) is 0 Å². The second-order valence-corrected chi connectivity index (χ2v) is 7.41. The van der Waals surface area contributed by atoms with Gasteiger partial charge in [0.05, 0.1) is 0 Å². The van der Waals surface area contributed by atoms with E-state index in [4.69, 9.17) is 11.6 Å². The van der Waals surface area contributed by atoms with Gasteiger partial charge in [-0.05, 0) is 61.7 Å². The summed E-state index contributed by atoms with van der Waals surface area (Å²) >= 11 is 6.36. The van der Waals surface area contributed by atoms with E-state index in [2.05, 4.69) is 31.3 Å². The van der Waals surface area contributed by atoms with Crippen molar-refractivity contribution >= 4 is 11.6 Å². The van der Waals surface area contributed by atoms with Crippen LogP contribution in [0.1, 0.15) is 51.5 Å². The Balaban J connectivity index is 1.96. The topological polar surface area (TPSA) is 12.0 Å². The molecular weight excluding hydrogens is 278 g/mol. The zero-order valence-electron chi connectivity index (χ0n) is 13.6. The molecule has 1 aliphatic rings. The van der Waals surface area contributed by atoms with Crippen molar-refractivity contribution in [3.05, 3.63) is 34.9 Å². The standard InChI is InChI=1S/C19H30ClN/c1-15(2)13-21-14-18-10-5-3-4-8-16(18)12-17-9-6-7-11-19(17)20/h6-7,9,11,15-16,18,21H,3-5,8,10,12-14H2,1-2H3. The van der Waals surface area contributed by atoms with Gasteiger partial charge in [0.15, 0.2) is 0 Å². The van der Waals surface area contributed by atoms with E-state index in [1.165, 1.54) is 44.2 Å². The van der Waals surface area contributed by atoms with Crippen molar-refractivity contribution in [2.24, 2.45) is 17.8 Å². The van der Waals surface area contributed by atoms with Crippen LogP contribution in [0.5, 0.6) is 0 Å². The average Bonchev–Trinajstić information content (AvgIpc) is 2.67. The average molecular weight is 308 g/mol. The van der Waals surface area contributed by atoms with Gasteiger partial charge < -0.3 is 5.32 Å². The molecule has 1 nitrogen and oxygen atoms in total. The molecule has 2 rings (SSSR count). The number of halogens is 1. The molecular formula is C19H30ClN. The normalized spacial score (nSPS) is 23.2. The summed E-state index contributed by atoms with van der Waals surface area (Å²) in [5.41, 5.74) is 1.33. The Bertz CT molecular complexity index is 416. The third kappa shape index (κ3) is 5.64. The molecule has 1 aromatic carbocycles. The molecule has 0 spiro atoms. The van der Waals surface area contributed by atoms with E-state index in [1.54, 1.807) is 0 Å². The first-order valence-electron chi connectivity index (χ1n) is 8.61. The first-order chi connectivity index (χ1) is 10.2. The van der Waals surface area contributed by atoms with E-state index in [0.29, 0.717) is 0 Å². The first kappa shape index (κ1) is 16.8. The van der Waals surface area contributed by atoms with Gasteiger partial charge in [0.1, 0.15) is 0 Å². The molecule has 1 aromatic rings. The lowest BCUT2D eigenvalue weighted by molar-refractivity contribution is 0.294. The van der Waals surface area contributed by atoms with Crippen molar-refractivity contribution in [2.75, 3.05) is 13.1 Å². The van der Waals surface area contributed by atoms with Crippen molar-refractivity contribution in [2.45, 2.75) is 52.4 Å². The van der Waals surface area contributed by atoms with Gasteiger partial charge in [-0.15, -0.1) is 0 Å². The van der Waals surface area contributed by atoms with E-state index in [0.717, 1.165) is 35.7 Å². The first-order valence-corrected chi connectivity index (χ1v) is 8.98. The fourth-order valence-electron chi connectivity index (χ4n) is 3.50. The summed E-state index contributed by atoms with van der Waals surface area (Å²) < 4.78 is 0. The predicted octanol–water partition coefficient (Wildman–Crippen LogP) is 5.32. The highest BCUT2D eigenvalue weighted by Gasteiger charge is 2.24.